The molecule has 2 nitrogen and oxygen atoms in total. The average molecular weight is 296 g/mol. The van der Waals surface area contributed by atoms with E-state index in [1.165, 1.54) is 0 Å². The van der Waals surface area contributed by atoms with Crippen molar-refractivity contribution in [3.63, 3.8) is 0 Å². The van der Waals surface area contributed by atoms with E-state index in [0.717, 1.165) is 0 Å². The molecule has 0 aromatic heterocycles. The molecule has 1 rings (SSSR count). The van der Waals surface area contributed by atoms with E-state index in [9.17, 15) is 35.5 Å². The number of carbonyl (C=O) groups is 1. The predicted octanol–water partition coefficient (Wildman–Crippen LogP) is 3.90. The third-order valence-electron chi connectivity index (χ3n) is 2.97. The van der Waals surface area contributed by atoms with Gasteiger partial charge in [0.15, 0.2) is 0 Å². The summed E-state index contributed by atoms with van der Waals surface area (Å²) in [6, 6.07) is -3.64. The summed E-state index contributed by atoms with van der Waals surface area (Å²) < 4.78 is 91.5. The SMILES string of the molecule is O=C(F)C(F)(OC(F)(F)C1CCCCC1)C(F)(F)F. The predicted molar refractivity (Wildman–Crippen MR) is 48.6 cm³/mol. The van der Waals surface area contributed by atoms with Gasteiger partial charge in [-0.15, -0.1) is 0 Å². The quantitative estimate of drug-likeness (QED) is 0.581. The van der Waals surface area contributed by atoms with Crippen LogP contribution in [0.15, 0.2) is 0 Å². The van der Waals surface area contributed by atoms with Gasteiger partial charge < -0.3 is 0 Å². The van der Waals surface area contributed by atoms with Crippen molar-refractivity contribution in [3.8, 4) is 0 Å². The Hall–Kier alpha value is -0.860. The fourth-order valence-corrected chi connectivity index (χ4v) is 1.92. The molecule has 1 aliphatic rings. The number of ether oxygens (including phenoxy) is 1. The molecule has 0 saturated heterocycles. The number of rotatable bonds is 4. The van der Waals surface area contributed by atoms with E-state index in [4.69, 9.17) is 0 Å². The molecule has 0 bridgehead atoms. The highest BCUT2D eigenvalue weighted by Crippen LogP contribution is 2.45. The zero-order valence-electron chi connectivity index (χ0n) is 9.58. The summed E-state index contributed by atoms with van der Waals surface area (Å²) in [5.74, 6) is -7.30. The Morgan fingerprint density at radius 2 is 1.42 bits per heavy atom. The minimum absolute atomic E-state index is 0.179. The maximum atomic E-state index is 13.4. The molecule has 1 aliphatic carbocycles. The fraction of sp³-hybridized carbons (Fsp3) is 0.900. The monoisotopic (exact) mass is 296 g/mol. The van der Waals surface area contributed by atoms with Crippen LogP contribution in [0.3, 0.4) is 0 Å². The van der Waals surface area contributed by atoms with Crippen molar-refractivity contribution >= 4 is 6.04 Å². The summed E-state index contributed by atoms with van der Waals surface area (Å²) in [7, 11) is 0. The van der Waals surface area contributed by atoms with Crippen LogP contribution in [0, 0.1) is 5.92 Å². The zero-order chi connectivity index (χ0) is 14.9. The minimum atomic E-state index is -6.21. The van der Waals surface area contributed by atoms with Gasteiger partial charge in [-0.25, -0.2) is 0 Å². The first kappa shape index (κ1) is 16.2. The molecule has 0 aliphatic heterocycles. The van der Waals surface area contributed by atoms with Crippen molar-refractivity contribution in [2.75, 3.05) is 0 Å². The molecule has 1 atom stereocenters. The van der Waals surface area contributed by atoms with Crippen LogP contribution >= 0.6 is 0 Å². The molecule has 1 fully saturated rings. The topological polar surface area (TPSA) is 26.3 Å². The van der Waals surface area contributed by atoms with Gasteiger partial charge in [-0.3, -0.25) is 9.53 Å². The molecule has 0 spiro atoms. The molecule has 1 unspecified atom stereocenters. The highest BCUT2D eigenvalue weighted by atomic mass is 19.4. The van der Waals surface area contributed by atoms with E-state index in [1.807, 2.05) is 0 Å². The normalized spacial score (nSPS) is 22.1. The van der Waals surface area contributed by atoms with Gasteiger partial charge in [-0.2, -0.15) is 30.7 Å². The summed E-state index contributed by atoms with van der Waals surface area (Å²) in [4.78, 5) is 10.1. The van der Waals surface area contributed by atoms with Crippen molar-refractivity contribution in [3.05, 3.63) is 0 Å². The van der Waals surface area contributed by atoms with Gasteiger partial charge >= 0.3 is 24.2 Å². The fourth-order valence-electron chi connectivity index (χ4n) is 1.92. The van der Waals surface area contributed by atoms with Gasteiger partial charge in [-0.05, 0) is 12.8 Å². The highest BCUT2D eigenvalue weighted by Gasteiger charge is 2.69. The minimum Gasteiger partial charge on any atom is -0.266 e. The average Bonchev–Trinajstić information content (AvgIpc) is 2.28. The maximum Gasteiger partial charge on any atom is 0.459 e. The summed E-state index contributed by atoms with van der Waals surface area (Å²) in [6.45, 7) is 0. The Morgan fingerprint density at radius 1 is 0.947 bits per heavy atom. The van der Waals surface area contributed by atoms with Crippen molar-refractivity contribution in [2.45, 2.75) is 50.2 Å². The van der Waals surface area contributed by atoms with Crippen LogP contribution in [-0.2, 0) is 9.53 Å². The first-order chi connectivity index (χ1) is 8.51. The number of hydrogen-bond acceptors (Lipinski definition) is 2. The van der Waals surface area contributed by atoms with E-state index in [1.54, 1.807) is 0 Å². The Morgan fingerprint density at radius 3 is 1.79 bits per heavy atom. The largest absolute Gasteiger partial charge is 0.459 e. The van der Waals surface area contributed by atoms with Crippen LogP contribution in [0.4, 0.5) is 30.7 Å². The summed E-state index contributed by atoms with van der Waals surface area (Å²) in [6.07, 6.45) is -9.88. The Balaban J connectivity index is 2.92. The van der Waals surface area contributed by atoms with Gasteiger partial charge in [0.25, 0.3) is 0 Å². The number of alkyl halides is 6. The lowest BCUT2D eigenvalue weighted by atomic mass is 9.88. The molecular formula is C10H11F7O2. The summed E-state index contributed by atoms with van der Waals surface area (Å²) in [5, 5.41) is 0. The van der Waals surface area contributed by atoms with Crippen LogP contribution in [0.25, 0.3) is 0 Å². The van der Waals surface area contributed by atoms with E-state index in [2.05, 4.69) is 4.74 Å². The molecule has 0 heterocycles. The second-order valence-electron chi connectivity index (χ2n) is 4.37. The summed E-state index contributed by atoms with van der Waals surface area (Å²) >= 11 is 0. The Kier molecular flexibility index (Phi) is 4.48. The van der Waals surface area contributed by atoms with Gasteiger partial charge in [0.1, 0.15) is 0 Å². The van der Waals surface area contributed by atoms with E-state index in [0.29, 0.717) is 19.3 Å². The van der Waals surface area contributed by atoms with Crippen molar-refractivity contribution in [1.82, 2.24) is 0 Å². The van der Waals surface area contributed by atoms with Gasteiger partial charge in [0, 0.05) is 0 Å². The third-order valence-corrected chi connectivity index (χ3v) is 2.97. The lowest BCUT2D eigenvalue weighted by Crippen LogP contribution is -2.54. The van der Waals surface area contributed by atoms with Crippen LogP contribution < -0.4 is 0 Å². The maximum absolute atomic E-state index is 13.4. The lowest BCUT2D eigenvalue weighted by Gasteiger charge is -2.33. The van der Waals surface area contributed by atoms with Gasteiger partial charge in [-0.1, -0.05) is 19.3 Å². The molecular weight excluding hydrogens is 285 g/mol. The van der Waals surface area contributed by atoms with Crippen LogP contribution in [0.2, 0.25) is 0 Å². The molecule has 1 saturated carbocycles. The van der Waals surface area contributed by atoms with Gasteiger partial charge in [0.2, 0.25) is 0 Å². The van der Waals surface area contributed by atoms with E-state index < -0.39 is 30.1 Å². The van der Waals surface area contributed by atoms with E-state index >= 15 is 0 Å². The molecule has 0 aromatic carbocycles. The lowest BCUT2D eigenvalue weighted by molar-refractivity contribution is -0.409. The third kappa shape index (κ3) is 3.37. The number of halogens is 7. The van der Waals surface area contributed by atoms with Crippen molar-refractivity contribution < 1.29 is 40.3 Å². The second-order valence-corrected chi connectivity index (χ2v) is 4.37. The summed E-state index contributed by atoms with van der Waals surface area (Å²) in [5.41, 5.74) is 0. The van der Waals surface area contributed by atoms with Gasteiger partial charge in [0.05, 0.1) is 5.92 Å². The Labute approximate surface area is 103 Å². The molecule has 0 N–H and O–H groups in total. The molecule has 0 aromatic rings. The van der Waals surface area contributed by atoms with E-state index in [-0.39, 0.29) is 12.8 Å². The van der Waals surface area contributed by atoms with Crippen molar-refractivity contribution in [1.29, 1.82) is 0 Å². The number of hydrogen-bond donors (Lipinski definition) is 0. The second kappa shape index (κ2) is 5.26. The first-order valence-electron chi connectivity index (χ1n) is 5.54. The first-order valence-corrected chi connectivity index (χ1v) is 5.54. The van der Waals surface area contributed by atoms with Crippen LogP contribution in [-0.4, -0.2) is 24.2 Å². The smallest absolute Gasteiger partial charge is 0.266 e. The molecule has 112 valence electrons. The molecule has 19 heavy (non-hydrogen) atoms. The van der Waals surface area contributed by atoms with Crippen LogP contribution in [0.1, 0.15) is 32.1 Å². The standard InChI is InChI=1S/C10H11F7O2/c11-7(18)8(12,10(15,16)17)19-9(13,14)6-4-2-1-3-5-6/h6H,1-5H2. The van der Waals surface area contributed by atoms with Crippen LogP contribution in [0.5, 0.6) is 0 Å². The highest BCUT2D eigenvalue weighted by molar-refractivity contribution is 5.77. The van der Waals surface area contributed by atoms with Crippen molar-refractivity contribution in [2.24, 2.45) is 5.92 Å². The molecule has 0 radical (unpaired) electrons. The zero-order valence-corrected chi connectivity index (χ0v) is 9.58. The molecule has 9 heteroatoms. The Bertz CT molecular complexity index is 335. The number of carbonyl (C=O) groups excluding carboxylic acids is 1. The molecule has 0 amide bonds.